The summed E-state index contributed by atoms with van der Waals surface area (Å²) in [5, 5.41) is 16.8. The van der Waals surface area contributed by atoms with Crippen molar-refractivity contribution in [1.82, 2.24) is 15.1 Å². The molecule has 1 heterocycles. The number of hydrogen-bond acceptors (Lipinski definition) is 4. The lowest BCUT2D eigenvalue weighted by molar-refractivity contribution is 0.0945. The van der Waals surface area contributed by atoms with Gasteiger partial charge < -0.3 is 10.4 Å². The number of aliphatic hydroxyl groups excluding tert-OH is 1. The van der Waals surface area contributed by atoms with Crippen molar-refractivity contribution in [3.8, 4) is 0 Å². The summed E-state index contributed by atoms with van der Waals surface area (Å²) in [6.45, 7) is 4.82. The summed E-state index contributed by atoms with van der Waals surface area (Å²) in [5.41, 5.74) is 0.0602. The first-order chi connectivity index (χ1) is 10.5. The summed E-state index contributed by atoms with van der Waals surface area (Å²) in [4.78, 5) is 24.7. The van der Waals surface area contributed by atoms with E-state index in [-0.39, 0.29) is 29.7 Å². The summed E-state index contributed by atoms with van der Waals surface area (Å²) in [7, 11) is 0. The molecule has 0 radical (unpaired) electrons. The van der Waals surface area contributed by atoms with E-state index < -0.39 is 0 Å². The van der Waals surface area contributed by atoms with E-state index >= 15 is 0 Å². The summed E-state index contributed by atoms with van der Waals surface area (Å²) >= 11 is 0. The molecule has 0 aliphatic heterocycles. The van der Waals surface area contributed by atoms with Gasteiger partial charge in [-0.25, -0.2) is 4.68 Å². The third-order valence-corrected chi connectivity index (χ3v) is 3.24. The van der Waals surface area contributed by atoms with Gasteiger partial charge in [-0.05, 0) is 18.4 Å². The summed E-state index contributed by atoms with van der Waals surface area (Å²) in [6.07, 6.45) is 0.481. The van der Waals surface area contributed by atoms with Crippen LogP contribution in [0.2, 0.25) is 0 Å². The Balaban J connectivity index is 2.49. The fourth-order valence-corrected chi connectivity index (χ4v) is 2.24. The summed E-state index contributed by atoms with van der Waals surface area (Å²) in [6, 6.07) is 6.99. The maximum Gasteiger partial charge on any atom is 0.274 e. The van der Waals surface area contributed by atoms with Crippen molar-refractivity contribution >= 4 is 16.7 Å². The number of aliphatic hydroxyl groups is 1. The molecule has 22 heavy (non-hydrogen) atoms. The van der Waals surface area contributed by atoms with E-state index in [1.807, 2.05) is 13.8 Å². The number of carbonyl (C=O) groups is 1. The van der Waals surface area contributed by atoms with Crippen LogP contribution in [-0.2, 0) is 6.54 Å². The first kappa shape index (κ1) is 16.2. The van der Waals surface area contributed by atoms with Crippen LogP contribution in [0.5, 0.6) is 0 Å². The lowest BCUT2D eigenvalue weighted by atomic mass is 10.1. The average molecular weight is 303 g/mol. The maximum absolute atomic E-state index is 12.4. The second-order valence-corrected chi connectivity index (χ2v) is 5.61. The maximum atomic E-state index is 12.4. The van der Waals surface area contributed by atoms with Gasteiger partial charge in [0.2, 0.25) is 0 Å². The minimum absolute atomic E-state index is 0.0152. The molecule has 2 rings (SSSR count). The second kappa shape index (κ2) is 7.17. The molecule has 0 atom stereocenters. The predicted molar refractivity (Wildman–Crippen MR) is 84.9 cm³/mol. The van der Waals surface area contributed by atoms with Crippen LogP contribution in [-0.4, -0.2) is 33.9 Å². The van der Waals surface area contributed by atoms with E-state index in [4.69, 9.17) is 5.11 Å². The highest BCUT2D eigenvalue weighted by Crippen LogP contribution is 2.13. The first-order valence-electron chi connectivity index (χ1n) is 7.43. The van der Waals surface area contributed by atoms with Crippen LogP contribution in [0.15, 0.2) is 29.1 Å². The molecule has 0 bridgehead atoms. The van der Waals surface area contributed by atoms with Crippen LogP contribution in [0.25, 0.3) is 10.8 Å². The van der Waals surface area contributed by atoms with Crippen molar-refractivity contribution in [2.45, 2.75) is 26.8 Å². The zero-order valence-electron chi connectivity index (χ0n) is 12.9. The Morgan fingerprint density at radius 3 is 2.64 bits per heavy atom. The Morgan fingerprint density at radius 2 is 2.00 bits per heavy atom. The smallest absolute Gasteiger partial charge is 0.274 e. The average Bonchev–Trinajstić information content (AvgIpc) is 2.50. The van der Waals surface area contributed by atoms with Gasteiger partial charge in [0.05, 0.1) is 5.39 Å². The van der Waals surface area contributed by atoms with E-state index in [0.29, 0.717) is 30.3 Å². The molecule has 2 N–H and O–H groups in total. The van der Waals surface area contributed by atoms with Crippen molar-refractivity contribution in [3.05, 3.63) is 40.3 Å². The van der Waals surface area contributed by atoms with Crippen molar-refractivity contribution in [2.24, 2.45) is 5.92 Å². The second-order valence-electron chi connectivity index (χ2n) is 5.61. The van der Waals surface area contributed by atoms with Crippen LogP contribution in [0.4, 0.5) is 0 Å². The summed E-state index contributed by atoms with van der Waals surface area (Å²) in [5.74, 6) is -0.0844. The topological polar surface area (TPSA) is 84.2 Å². The molecule has 0 saturated heterocycles. The van der Waals surface area contributed by atoms with E-state index in [2.05, 4.69) is 10.4 Å². The molecule has 0 saturated carbocycles. The van der Waals surface area contributed by atoms with Crippen LogP contribution < -0.4 is 10.9 Å². The number of carbonyl (C=O) groups excluding carboxylic acids is 1. The minimum Gasteiger partial charge on any atom is -0.396 e. The molecule has 2 aromatic rings. The van der Waals surface area contributed by atoms with E-state index in [1.54, 1.807) is 24.3 Å². The quantitative estimate of drug-likeness (QED) is 0.784. The fourth-order valence-electron chi connectivity index (χ4n) is 2.24. The number of fused-ring (bicyclic) bond motifs is 1. The van der Waals surface area contributed by atoms with Gasteiger partial charge in [-0.15, -0.1) is 0 Å². The van der Waals surface area contributed by atoms with E-state index in [9.17, 15) is 9.59 Å². The molecule has 0 spiro atoms. The molecule has 1 aromatic heterocycles. The van der Waals surface area contributed by atoms with Gasteiger partial charge in [0.15, 0.2) is 5.69 Å². The predicted octanol–water partition coefficient (Wildman–Crippen LogP) is 1.16. The van der Waals surface area contributed by atoms with Crippen LogP contribution in [0.3, 0.4) is 0 Å². The monoisotopic (exact) mass is 303 g/mol. The number of benzene rings is 1. The van der Waals surface area contributed by atoms with Gasteiger partial charge in [-0.2, -0.15) is 5.10 Å². The summed E-state index contributed by atoms with van der Waals surface area (Å²) < 4.78 is 1.36. The Hall–Kier alpha value is -2.21. The molecular formula is C16H21N3O3. The number of aromatic nitrogens is 2. The minimum atomic E-state index is -0.331. The standard InChI is InChI=1S/C16H21N3O3/c1-11(2)10-19-16(22)13-7-4-3-6-12(13)14(18-19)15(21)17-8-5-9-20/h3-4,6-7,11,20H,5,8-10H2,1-2H3,(H,17,21). The van der Waals surface area contributed by atoms with Gasteiger partial charge in [-0.1, -0.05) is 32.0 Å². The lowest BCUT2D eigenvalue weighted by Gasteiger charge is -2.12. The lowest BCUT2D eigenvalue weighted by Crippen LogP contribution is -2.32. The first-order valence-corrected chi connectivity index (χ1v) is 7.43. The van der Waals surface area contributed by atoms with Crippen molar-refractivity contribution in [3.63, 3.8) is 0 Å². The normalized spacial score (nSPS) is 11.1. The zero-order chi connectivity index (χ0) is 16.1. The largest absolute Gasteiger partial charge is 0.396 e. The molecule has 0 aliphatic rings. The number of hydrogen-bond donors (Lipinski definition) is 2. The number of nitrogens with one attached hydrogen (secondary N) is 1. The van der Waals surface area contributed by atoms with Crippen molar-refractivity contribution in [2.75, 3.05) is 13.2 Å². The number of nitrogens with zero attached hydrogens (tertiary/aromatic N) is 2. The Bertz CT molecular complexity index is 722. The molecule has 6 heteroatoms. The molecule has 6 nitrogen and oxygen atoms in total. The van der Waals surface area contributed by atoms with Gasteiger partial charge in [0.25, 0.3) is 11.5 Å². The number of rotatable bonds is 6. The van der Waals surface area contributed by atoms with Gasteiger partial charge in [0.1, 0.15) is 0 Å². The third kappa shape index (κ3) is 3.51. The van der Waals surface area contributed by atoms with Crippen molar-refractivity contribution in [1.29, 1.82) is 0 Å². The fraction of sp³-hybridized carbons (Fsp3) is 0.438. The van der Waals surface area contributed by atoms with Crippen LogP contribution >= 0.6 is 0 Å². The molecule has 0 aliphatic carbocycles. The Labute approximate surface area is 128 Å². The molecular weight excluding hydrogens is 282 g/mol. The van der Waals surface area contributed by atoms with Crippen LogP contribution in [0.1, 0.15) is 30.8 Å². The highest BCUT2D eigenvalue weighted by atomic mass is 16.3. The highest BCUT2D eigenvalue weighted by molar-refractivity contribution is 6.04. The van der Waals surface area contributed by atoms with Crippen molar-refractivity contribution < 1.29 is 9.90 Å². The highest BCUT2D eigenvalue weighted by Gasteiger charge is 2.16. The SMILES string of the molecule is CC(C)Cn1nc(C(=O)NCCCO)c2ccccc2c1=O. The van der Waals surface area contributed by atoms with E-state index in [1.165, 1.54) is 4.68 Å². The van der Waals surface area contributed by atoms with Gasteiger partial charge in [-0.3, -0.25) is 9.59 Å². The third-order valence-electron chi connectivity index (χ3n) is 3.24. The molecule has 0 fully saturated rings. The van der Waals surface area contributed by atoms with Crippen LogP contribution in [0, 0.1) is 5.92 Å². The van der Waals surface area contributed by atoms with E-state index in [0.717, 1.165) is 0 Å². The van der Waals surface area contributed by atoms with Gasteiger partial charge in [0, 0.05) is 25.1 Å². The molecule has 0 unspecified atom stereocenters. The van der Waals surface area contributed by atoms with Gasteiger partial charge >= 0.3 is 0 Å². The molecule has 118 valence electrons. The number of amides is 1. The molecule has 1 amide bonds. The zero-order valence-corrected chi connectivity index (χ0v) is 12.9. The Kier molecular flexibility index (Phi) is 5.27. The molecule has 1 aromatic carbocycles. The Morgan fingerprint density at radius 1 is 1.32 bits per heavy atom.